The third-order valence-corrected chi connectivity index (χ3v) is 5.58. The summed E-state index contributed by atoms with van der Waals surface area (Å²) in [5, 5.41) is 3.34. The smallest absolute Gasteiger partial charge is 0.317 e. The first-order valence-corrected chi connectivity index (χ1v) is 11.1. The van der Waals surface area contributed by atoms with Gasteiger partial charge < -0.3 is 16.8 Å². The highest BCUT2D eigenvalue weighted by Gasteiger charge is 2.20. The summed E-state index contributed by atoms with van der Waals surface area (Å²) in [7, 11) is 0. The van der Waals surface area contributed by atoms with Crippen LogP contribution in [0.2, 0.25) is 0 Å². The van der Waals surface area contributed by atoms with Crippen LogP contribution in [0.15, 0.2) is 39.8 Å². The minimum Gasteiger partial charge on any atom is -0.351 e. The molecule has 2 rings (SSSR count). The van der Waals surface area contributed by atoms with Gasteiger partial charge in [-0.25, -0.2) is 4.79 Å². The van der Waals surface area contributed by atoms with Crippen molar-refractivity contribution in [2.24, 2.45) is 11.5 Å². The number of benzene rings is 1. The van der Waals surface area contributed by atoms with E-state index in [0.717, 1.165) is 12.8 Å². The molecule has 1 aliphatic carbocycles. The normalized spacial score (nSPS) is 13.0. The zero-order valence-electron chi connectivity index (χ0n) is 16.8. The number of hydrogen-bond donors (Lipinski definition) is 3. The number of nitrogens with two attached hydrogens (primary N) is 2. The first-order chi connectivity index (χ1) is 12.6. The average molecular weight is 396 g/mol. The number of fused-ring (bicyclic) bond motifs is 1. The van der Waals surface area contributed by atoms with Crippen LogP contribution < -0.4 is 16.8 Å². The number of allylic oxidation sites excluding steroid dienone is 1. The molecule has 0 saturated carbocycles. The predicted molar refractivity (Wildman–Crippen MR) is 119 cm³/mol. The van der Waals surface area contributed by atoms with E-state index < -0.39 is 6.03 Å². The van der Waals surface area contributed by atoms with Gasteiger partial charge in [0.15, 0.2) is 0 Å². The van der Waals surface area contributed by atoms with E-state index in [-0.39, 0.29) is 0 Å². The molecule has 146 valence electrons. The van der Waals surface area contributed by atoms with Crippen LogP contribution in [-0.2, 0) is 6.42 Å². The Morgan fingerprint density at radius 2 is 1.88 bits per heavy atom. The highest BCUT2D eigenvalue weighted by atomic mass is 32.2. The van der Waals surface area contributed by atoms with Crippen molar-refractivity contribution < 1.29 is 4.79 Å². The summed E-state index contributed by atoms with van der Waals surface area (Å²) >= 11 is 3.30. The third kappa shape index (κ3) is 7.09. The van der Waals surface area contributed by atoms with Gasteiger partial charge in [-0.05, 0) is 49.3 Å². The molecular weight excluding hydrogens is 362 g/mol. The van der Waals surface area contributed by atoms with Gasteiger partial charge in [-0.3, -0.25) is 0 Å². The van der Waals surface area contributed by atoms with E-state index in [1.165, 1.54) is 38.3 Å². The molecule has 0 fully saturated rings. The van der Waals surface area contributed by atoms with Crippen molar-refractivity contribution in [1.82, 2.24) is 5.32 Å². The van der Waals surface area contributed by atoms with Gasteiger partial charge >= 0.3 is 6.03 Å². The van der Waals surface area contributed by atoms with Gasteiger partial charge in [0.2, 0.25) is 0 Å². The van der Waals surface area contributed by atoms with Crippen LogP contribution in [0.1, 0.15) is 52.2 Å². The van der Waals surface area contributed by atoms with E-state index in [9.17, 15) is 4.79 Å². The highest BCUT2D eigenvalue weighted by molar-refractivity contribution is 8.11. The first-order valence-electron chi connectivity index (χ1n) is 9.07. The Morgan fingerprint density at radius 3 is 2.42 bits per heavy atom. The zero-order chi connectivity index (χ0) is 20.1. The largest absolute Gasteiger partial charge is 0.351 e. The fourth-order valence-electron chi connectivity index (χ4n) is 2.48. The molecule has 0 unspecified atom stereocenters. The molecule has 0 bridgehead atoms. The number of amides is 2. The number of urea groups is 1. The topological polar surface area (TPSA) is 81.1 Å². The molecule has 0 radical (unpaired) electrons. The van der Waals surface area contributed by atoms with Gasteiger partial charge in [-0.15, -0.1) is 11.8 Å². The second-order valence-electron chi connectivity index (χ2n) is 4.99. The van der Waals surface area contributed by atoms with Crippen molar-refractivity contribution >= 4 is 34.5 Å². The second-order valence-corrected chi connectivity index (χ2v) is 6.89. The monoisotopic (exact) mass is 395 g/mol. The average Bonchev–Trinajstić information content (AvgIpc) is 2.66. The molecular formula is C20H33N3OS2. The Hall–Kier alpha value is -1.37. The van der Waals surface area contributed by atoms with Gasteiger partial charge in [0, 0.05) is 16.3 Å². The van der Waals surface area contributed by atoms with Crippen molar-refractivity contribution in [3.05, 3.63) is 46.0 Å². The molecule has 0 aliphatic heterocycles. The summed E-state index contributed by atoms with van der Waals surface area (Å²) in [6.45, 7) is 10.5. The SMILES string of the molecule is CC.CC.CSc1cccc2c1CCC(C)=C2S/C(=C/CN)NC(N)=O. The Bertz CT molecular complexity index is 640. The Balaban J connectivity index is 0.00000146. The lowest BCUT2D eigenvalue weighted by molar-refractivity contribution is 0.252. The van der Waals surface area contributed by atoms with E-state index >= 15 is 0 Å². The molecule has 0 spiro atoms. The van der Waals surface area contributed by atoms with Gasteiger partial charge in [-0.2, -0.15) is 0 Å². The minimum absolute atomic E-state index is 0.354. The predicted octanol–water partition coefficient (Wildman–Crippen LogP) is 5.34. The molecule has 1 aromatic rings. The van der Waals surface area contributed by atoms with Crippen LogP contribution in [0.4, 0.5) is 4.79 Å². The molecule has 2 amide bonds. The van der Waals surface area contributed by atoms with Crippen molar-refractivity contribution in [2.75, 3.05) is 12.8 Å². The molecule has 0 atom stereocenters. The van der Waals surface area contributed by atoms with Gasteiger partial charge in [-0.1, -0.05) is 57.2 Å². The Morgan fingerprint density at radius 1 is 1.23 bits per heavy atom. The van der Waals surface area contributed by atoms with Gasteiger partial charge in [0.25, 0.3) is 0 Å². The summed E-state index contributed by atoms with van der Waals surface area (Å²) in [6.07, 6.45) is 5.96. The summed E-state index contributed by atoms with van der Waals surface area (Å²) in [6, 6.07) is 5.81. The maximum Gasteiger partial charge on any atom is 0.317 e. The number of rotatable bonds is 5. The number of carbonyl (C=O) groups is 1. The van der Waals surface area contributed by atoms with Crippen molar-refractivity contribution in [3.8, 4) is 0 Å². The Kier molecular flexibility index (Phi) is 13.1. The highest BCUT2D eigenvalue weighted by Crippen LogP contribution is 2.43. The lowest BCUT2D eigenvalue weighted by atomic mass is 9.93. The van der Waals surface area contributed by atoms with E-state index in [4.69, 9.17) is 11.5 Å². The Labute approximate surface area is 167 Å². The summed E-state index contributed by atoms with van der Waals surface area (Å²) in [5.41, 5.74) is 14.8. The lowest BCUT2D eigenvalue weighted by Gasteiger charge is -2.24. The van der Waals surface area contributed by atoms with Gasteiger partial charge in [0.05, 0.1) is 5.03 Å². The molecule has 1 aromatic carbocycles. The molecule has 0 heterocycles. The van der Waals surface area contributed by atoms with Crippen molar-refractivity contribution in [3.63, 3.8) is 0 Å². The summed E-state index contributed by atoms with van der Waals surface area (Å²) in [5.74, 6) is 0. The van der Waals surface area contributed by atoms with Crippen LogP contribution in [0.5, 0.6) is 0 Å². The quantitative estimate of drug-likeness (QED) is 0.588. The van der Waals surface area contributed by atoms with E-state index in [1.54, 1.807) is 17.8 Å². The maximum atomic E-state index is 11.2. The zero-order valence-corrected chi connectivity index (χ0v) is 18.4. The number of nitrogens with one attached hydrogen (secondary N) is 1. The van der Waals surface area contributed by atoms with Crippen molar-refractivity contribution in [1.29, 1.82) is 0 Å². The van der Waals surface area contributed by atoms with Crippen LogP contribution >= 0.6 is 23.5 Å². The molecule has 5 N–H and O–H groups in total. The van der Waals surface area contributed by atoms with Crippen LogP contribution in [0.25, 0.3) is 4.91 Å². The molecule has 4 nitrogen and oxygen atoms in total. The maximum absolute atomic E-state index is 11.2. The number of primary amides is 1. The van der Waals surface area contributed by atoms with Crippen LogP contribution in [0, 0.1) is 0 Å². The van der Waals surface area contributed by atoms with E-state index in [0.29, 0.717) is 11.6 Å². The lowest BCUT2D eigenvalue weighted by Crippen LogP contribution is -2.28. The summed E-state index contributed by atoms with van der Waals surface area (Å²) < 4.78 is 0. The fraction of sp³-hybridized carbons (Fsp3) is 0.450. The van der Waals surface area contributed by atoms with E-state index in [1.807, 2.05) is 27.7 Å². The summed E-state index contributed by atoms with van der Waals surface area (Å²) in [4.78, 5) is 13.7. The van der Waals surface area contributed by atoms with Crippen LogP contribution in [-0.4, -0.2) is 18.8 Å². The number of thioether (sulfide) groups is 2. The fourth-order valence-corrected chi connectivity index (χ4v) is 4.28. The number of carbonyl (C=O) groups excluding carboxylic acids is 1. The van der Waals surface area contributed by atoms with Gasteiger partial charge in [0.1, 0.15) is 0 Å². The molecule has 0 aromatic heterocycles. The third-order valence-electron chi connectivity index (χ3n) is 3.50. The molecule has 6 heteroatoms. The minimum atomic E-state index is -0.570. The second kappa shape index (κ2) is 13.8. The van der Waals surface area contributed by atoms with E-state index in [2.05, 4.69) is 36.7 Å². The number of hydrogen-bond acceptors (Lipinski definition) is 4. The standard InChI is InChI=1S/C16H21N3OS2.2C2H6/c1-10-6-7-11-12(4-3-5-13(11)21-2)15(10)22-14(8-9-17)19-16(18)20;2*1-2/h3-5,8H,6-7,9,17H2,1-2H3,(H3,18,19,20);2*1-2H3/b14-8+;;. The van der Waals surface area contributed by atoms with Crippen molar-refractivity contribution in [2.45, 2.75) is 52.4 Å². The first kappa shape index (κ1) is 24.6. The molecule has 1 aliphatic rings. The molecule has 0 saturated heterocycles. The van der Waals surface area contributed by atoms with Crippen LogP contribution in [0.3, 0.4) is 0 Å². The molecule has 26 heavy (non-hydrogen) atoms.